The summed E-state index contributed by atoms with van der Waals surface area (Å²) in [6, 6.07) is 6.64. The predicted octanol–water partition coefficient (Wildman–Crippen LogP) is 2.24. The zero-order valence-corrected chi connectivity index (χ0v) is 12.7. The van der Waals surface area contributed by atoms with Crippen LogP contribution in [0.1, 0.15) is 31.4 Å². The predicted molar refractivity (Wildman–Crippen MR) is 82.5 cm³/mol. The zero-order chi connectivity index (χ0) is 14.0. The summed E-state index contributed by atoms with van der Waals surface area (Å²) >= 11 is 0. The van der Waals surface area contributed by atoms with E-state index in [1.54, 1.807) is 0 Å². The highest BCUT2D eigenvalue weighted by molar-refractivity contribution is 5.38. The van der Waals surface area contributed by atoms with Crippen LogP contribution in [-0.2, 0) is 12.8 Å². The molecule has 1 saturated heterocycles. The van der Waals surface area contributed by atoms with E-state index in [1.807, 2.05) is 0 Å². The van der Waals surface area contributed by atoms with Gasteiger partial charge in [0, 0.05) is 32.7 Å². The molecule has 1 heterocycles. The van der Waals surface area contributed by atoms with Gasteiger partial charge in [-0.15, -0.1) is 0 Å². The summed E-state index contributed by atoms with van der Waals surface area (Å²) in [4.78, 5) is 2.49. The van der Waals surface area contributed by atoms with Crippen molar-refractivity contribution in [3.05, 3.63) is 29.3 Å². The highest BCUT2D eigenvalue weighted by Gasteiger charge is 2.25. The third-order valence-corrected chi connectivity index (χ3v) is 4.28. The van der Waals surface area contributed by atoms with Gasteiger partial charge in [-0.25, -0.2) is 0 Å². The third-order valence-electron chi connectivity index (χ3n) is 4.28. The quantitative estimate of drug-likeness (QED) is 0.911. The maximum atomic E-state index is 6.27. The summed E-state index contributed by atoms with van der Waals surface area (Å²) in [5.74, 6) is 1.03. The molecule has 0 radical (unpaired) electrons. The van der Waals surface area contributed by atoms with Gasteiger partial charge in [-0.05, 0) is 56.4 Å². The van der Waals surface area contributed by atoms with Crippen LogP contribution < -0.4 is 10.1 Å². The van der Waals surface area contributed by atoms with Gasteiger partial charge < -0.3 is 10.1 Å². The standard InChI is InChI=1S/C17H26N2O/c1-17(2,13-19-10-8-18-9-11-19)20-16-7-6-14-4-3-5-15(14)12-16/h6-7,12,18H,3-5,8-11,13H2,1-2H3. The molecule has 110 valence electrons. The van der Waals surface area contributed by atoms with Crippen molar-refractivity contribution in [1.29, 1.82) is 0 Å². The number of hydrogen-bond acceptors (Lipinski definition) is 3. The fraction of sp³-hybridized carbons (Fsp3) is 0.647. The molecule has 3 nitrogen and oxygen atoms in total. The van der Waals surface area contributed by atoms with Crippen molar-refractivity contribution in [3.63, 3.8) is 0 Å². The van der Waals surface area contributed by atoms with Crippen molar-refractivity contribution < 1.29 is 4.74 Å². The highest BCUT2D eigenvalue weighted by atomic mass is 16.5. The van der Waals surface area contributed by atoms with E-state index < -0.39 is 0 Å². The van der Waals surface area contributed by atoms with Gasteiger partial charge in [0.15, 0.2) is 0 Å². The Bertz CT molecular complexity index is 464. The summed E-state index contributed by atoms with van der Waals surface area (Å²) in [6.07, 6.45) is 3.74. The molecule has 3 rings (SSSR count). The van der Waals surface area contributed by atoms with E-state index in [0.717, 1.165) is 38.5 Å². The lowest BCUT2D eigenvalue weighted by atomic mass is 10.1. The molecule has 0 amide bonds. The van der Waals surface area contributed by atoms with E-state index in [2.05, 4.69) is 42.3 Å². The SMILES string of the molecule is CC(C)(CN1CCNCC1)Oc1ccc2c(c1)CCC2. The van der Waals surface area contributed by atoms with Crippen LogP contribution >= 0.6 is 0 Å². The smallest absolute Gasteiger partial charge is 0.120 e. The summed E-state index contributed by atoms with van der Waals surface area (Å²) in [6.45, 7) is 9.81. The molecule has 0 atom stereocenters. The first-order valence-corrected chi connectivity index (χ1v) is 7.86. The van der Waals surface area contributed by atoms with E-state index in [-0.39, 0.29) is 5.60 Å². The van der Waals surface area contributed by atoms with E-state index in [9.17, 15) is 0 Å². The number of benzene rings is 1. The number of fused-ring (bicyclic) bond motifs is 1. The van der Waals surface area contributed by atoms with E-state index in [4.69, 9.17) is 4.74 Å². The lowest BCUT2D eigenvalue weighted by Crippen LogP contribution is -2.50. The Hall–Kier alpha value is -1.06. The first-order chi connectivity index (χ1) is 9.62. The van der Waals surface area contributed by atoms with Crippen molar-refractivity contribution in [2.45, 2.75) is 38.7 Å². The molecular formula is C17H26N2O. The molecule has 2 aliphatic rings. The largest absolute Gasteiger partial charge is 0.487 e. The molecule has 1 aromatic rings. The number of nitrogens with zero attached hydrogens (tertiary/aromatic N) is 1. The minimum absolute atomic E-state index is 0.135. The van der Waals surface area contributed by atoms with Gasteiger partial charge in [0.05, 0.1) is 0 Å². The topological polar surface area (TPSA) is 24.5 Å². The summed E-state index contributed by atoms with van der Waals surface area (Å²) in [7, 11) is 0. The van der Waals surface area contributed by atoms with Crippen LogP contribution in [0.5, 0.6) is 5.75 Å². The monoisotopic (exact) mass is 274 g/mol. The fourth-order valence-corrected chi connectivity index (χ4v) is 3.37. The van der Waals surface area contributed by atoms with Crippen molar-refractivity contribution in [2.75, 3.05) is 32.7 Å². The van der Waals surface area contributed by atoms with Crippen LogP contribution in [0.3, 0.4) is 0 Å². The van der Waals surface area contributed by atoms with Crippen molar-refractivity contribution in [3.8, 4) is 5.75 Å². The minimum atomic E-state index is -0.135. The molecule has 1 N–H and O–H groups in total. The highest BCUT2D eigenvalue weighted by Crippen LogP contribution is 2.28. The van der Waals surface area contributed by atoms with Crippen LogP contribution in [0.15, 0.2) is 18.2 Å². The molecule has 20 heavy (non-hydrogen) atoms. The Morgan fingerprint density at radius 3 is 2.70 bits per heavy atom. The molecule has 1 fully saturated rings. The Kier molecular flexibility index (Phi) is 3.99. The molecule has 1 aromatic carbocycles. The third kappa shape index (κ3) is 3.33. The summed E-state index contributed by atoms with van der Waals surface area (Å²) < 4.78 is 6.27. The minimum Gasteiger partial charge on any atom is -0.487 e. The second-order valence-corrected chi connectivity index (χ2v) is 6.67. The molecule has 0 unspecified atom stereocenters. The normalized spacial score (nSPS) is 19.9. The van der Waals surface area contributed by atoms with Gasteiger partial charge in [-0.1, -0.05) is 6.07 Å². The molecular weight excluding hydrogens is 248 g/mol. The maximum absolute atomic E-state index is 6.27. The molecule has 0 saturated carbocycles. The number of piperazine rings is 1. The van der Waals surface area contributed by atoms with Gasteiger partial charge in [-0.3, -0.25) is 4.90 Å². The maximum Gasteiger partial charge on any atom is 0.120 e. The van der Waals surface area contributed by atoms with Crippen molar-refractivity contribution >= 4 is 0 Å². The van der Waals surface area contributed by atoms with Crippen molar-refractivity contribution in [2.24, 2.45) is 0 Å². The van der Waals surface area contributed by atoms with Crippen LogP contribution in [0, 0.1) is 0 Å². The van der Waals surface area contributed by atoms with Gasteiger partial charge in [0.25, 0.3) is 0 Å². The van der Waals surface area contributed by atoms with Gasteiger partial charge in [-0.2, -0.15) is 0 Å². The second kappa shape index (κ2) is 5.74. The number of nitrogens with one attached hydrogen (secondary N) is 1. The zero-order valence-electron chi connectivity index (χ0n) is 12.7. The molecule has 0 spiro atoms. The first-order valence-electron chi connectivity index (χ1n) is 7.86. The van der Waals surface area contributed by atoms with E-state index in [1.165, 1.54) is 30.4 Å². The Labute approximate surface area is 122 Å². The summed E-state index contributed by atoms with van der Waals surface area (Å²) in [5, 5.41) is 3.40. The molecule has 1 aliphatic carbocycles. The number of aryl methyl sites for hydroxylation is 2. The van der Waals surface area contributed by atoms with Gasteiger partial charge in [0.2, 0.25) is 0 Å². The molecule has 3 heteroatoms. The number of rotatable bonds is 4. The van der Waals surface area contributed by atoms with Crippen molar-refractivity contribution in [1.82, 2.24) is 10.2 Å². The first kappa shape index (κ1) is 13.9. The Morgan fingerprint density at radius 1 is 1.15 bits per heavy atom. The lowest BCUT2D eigenvalue weighted by molar-refractivity contribution is 0.0547. The number of hydrogen-bond donors (Lipinski definition) is 1. The lowest BCUT2D eigenvalue weighted by Gasteiger charge is -2.35. The Morgan fingerprint density at radius 2 is 1.90 bits per heavy atom. The fourth-order valence-electron chi connectivity index (χ4n) is 3.37. The van der Waals surface area contributed by atoms with Crippen LogP contribution in [0.4, 0.5) is 0 Å². The van der Waals surface area contributed by atoms with Crippen LogP contribution in [0.2, 0.25) is 0 Å². The summed E-state index contributed by atoms with van der Waals surface area (Å²) in [5.41, 5.74) is 2.86. The van der Waals surface area contributed by atoms with Crippen LogP contribution in [0.25, 0.3) is 0 Å². The van der Waals surface area contributed by atoms with Gasteiger partial charge >= 0.3 is 0 Å². The van der Waals surface area contributed by atoms with E-state index >= 15 is 0 Å². The molecule has 0 bridgehead atoms. The van der Waals surface area contributed by atoms with Crippen LogP contribution in [-0.4, -0.2) is 43.2 Å². The average Bonchev–Trinajstić information content (AvgIpc) is 2.86. The Balaban J connectivity index is 1.63. The van der Waals surface area contributed by atoms with E-state index in [0.29, 0.717) is 0 Å². The second-order valence-electron chi connectivity index (χ2n) is 6.67. The van der Waals surface area contributed by atoms with Gasteiger partial charge in [0.1, 0.15) is 11.4 Å². The number of ether oxygens (including phenoxy) is 1. The molecule has 0 aromatic heterocycles. The molecule has 1 aliphatic heterocycles. The average molecular weight is 274 g/mol.